The number of nitrogens with one attached hydrogen (secondary N) is 1. The molecule has 0 bridgehead atoms. The molecule has 0 aromatic carbocycles. The molecule has 0 saturated heterocycles. The molecule has 0 aliphatic heterocycles. The first kappa shape index (κ1) is 16.6. The highest BCUT2D eigenvalue weighted by Crippen LogP contribution is 2.18. The summed E-state index contributed by atoms with van der Waals surface area (Å²) in [6.45, 7) is 4.33. The maximum Gasteiger partial charge on any atom is 0.331 e. The van der Waals surface area contributed by atoms with E-state index in [1.165, 1.54) is 13.1 Å². The second-order valence-electron chi connectivity index (χ2n) is 5.11. The number of nitrogens with zero attached hydrogens (tertiary/aromatic N) is 1. The van der Waals surface area contributed by atoms with E-state index >= 15 is 0 Å². The summed E-state index contributed by atoms with van der Waals surface area (Å²) in [5, 5.41) is 2.38. The molecule has 6 nitrogen and oxygen atoms in total. The van der Waals surface area contributed by atoms with Crippen LogP contribution in [0.2, 0.25) is 0 Å². The van der Waals surface area contributed by atoms with Gasteiger partial charge in [-0.15, -0.1) is 0 Å². The van der Waals surface area contributed by atoms with Gasteiger partial charge < -0.3 is 19.0 Å². The highest BCUT2D eigenvalue weighted by Gasteiger charge is 2.09. The first-order valence-electron chi connectivity index (χ1n) is 7.25. The van der Waals surface area contributed by atoms with E-state index in [0.29, 0.717) is 6.54 Å². The SMILES string of the molecule is CNC(=O)COC(=O)/C=C/c1cc(C)n(Cc2ccco2)c1C. The van der Waals surface area contributed by atoms with Crippen LogP contribution >= 0.6 is 0 Å². The summed E-state index contributed by atoms with van der Waals surface area (Å²) in [5.41, 5.74) is 3.01. The summed E-state index contributed by atoms with van der Waals surface area (Å²) >= 11 is 0. The van der Waals surface area contributed by atoms with Crippen molar-refractivity contribution in [2.45, 2.75) is 20.4 Å². The fourth-order valence-electron chi connectivity index (χ4n) is 2.21. The number of rotatable bonds is 6. The van der Waals surface area contributed by atoms with Gasteiger partial charge in [0.1, 0.15) is 5.76 Å². The number of aryl methyl sites for hydroxylation is 1. The summed E-state index contributed by atoms with van der Waals surface area (Å²) in [6.07, 6.45) is 4.65. The topological polar surface area (TPSA) is 73.5 Å². The van der Waals surface area contributed by atoms with Crippen molar-refractivity contribution in [2.24, 2.45) is 0 Å². The molecule has 0 fully saturated rings. The monoisotopic (exact) mass is 316 g/mol. The second-order valence-corrected chi connectivity index (χ2v) is 5.11. The smallest absolute Gasteiger partial charge is 0.331 e. The van der Waals surface area contributed by atoms with Crippen LogP contribution in [0.3, 0.4) is 0 Å². The van der Waals surface area contributed by atoms with Crippen LogP contribution in [0.15, 0.2) is 35.0 Å². The average Bonchev–Trinajstić information content (AvgIpc) is 3.14. The molecule has 122 valence electrons. The van der Waals surface area contributed by atoms with E-state index in [2.05, 4.69) is 9.88 Å². The normalized spacial score (nSPS) is 10.9. The van der Waals surface area contributed by atoms with E-state index in [1.54, 1.807) is 12.3 Å². The third-order valence-corrected chi connectivity index (χ3v) is 3.53. The van der Waals surface area contributed by atoms with E-state index in [4.69, 9.17) is 9.15 Å². The molecule has 23 heavy (non-hydrogen) atoms. The Morgan fingerprint density at radius 1 is 1.39 bits per heavy atom. The number of esters is 1. The lowest BCUT2D eigenvalue weighted by Crippen LogP contribution is -2.24. The van der Waals surface area contributed by atoms with Crippen molar-refractivity contribution in [1.29, 1.82) is 0 Å². The molecule has 0 saturated carbocycles. The number of likely N-dealkylation sites (N-methyl/N-ethyl adjacent to an activating group) is 1. The standard InChI is InChI=1S/C17H20N2O4/c1-12-9-14(6-7-17(21)23-11-16(20)18-3)13(2)19(12)10-15-5-4-8-22-15/h4-9H,10-11H2,1-3H3,(H,18,20)/b7-6+. The highest BCUT2D eigenvalue weighted by atomic mass is 16.5. The van der Waals surface area contributed by atoms with Crippen LogP contribution < -0.4 is 5.32 Å². The number of hydrogen-bond acceptors (Lipinski definition) is 4. The Morgan fingerprint density at radius 2 is 2.17 bits per heavy atom. The third kappa shape index (κ3) is 4.35. The molecular weight excluding hydrogens is 296 g/mol. The number of ether oxygens (including phenoxy) is 1. The number of furan rings is 1. The molecule has 1 N–H and O–H groups in total. The Hall–Kier alpha value is -2.76. The van der Waals surface area contributed by atoms with Crippen LogP contribution in [-0.2, 0) is 20.9 Å². The van der Waals surface area contributed by atoms with E-state index in [9.17, 15) is 9.59 Å². The summed E-state index contributed by atoms with van der Waals surface area (Å²) in [7, 11) is 1.49. The second kappa shape index (κ2) is 7.49. The third-order valence-electron chi connectivity index (χ3n) is 3.53. The van der Waals surface area contributed by atoms with E-state index in [0.717, 1.165) is 22.7 Å². The van der Waals surface area contributed by atoms with Crippen LogP contribution in [0.1, 0.15) is 22.7 Å². The van der Waals surface area contributed by atoms with Gasteiger partial charge in [0.2, 0.25) is 0 Å². The van der Waals surface area contributed by atoms with E-state index in [1.807, 2.05) is 32.0 Å². The van der Waals surface area contributed by atoms with Gasteiger partial charge >= 0.3 is 5.97 Å². The van der Waals surface area contributed by atoms with Gasteiger partial charge in [-0.25, -0.2) is 4.79 Å². The predicted molar refractivity (Wildman–Crippen MR) is 85.8 cm³/mol. The molecule has 0 aliphatic carbocycles. The molecular formula is C17H20N2O4. The van der Waals surface area contributed by atoms with Gasteiger partial charge in [-0.05, 0) is 43.7 Å². The maximum atomic E-state index is 11.6. The lowest BCUT2D eigenvalue weighted by atomic mass is 10.2. The Kier molecular flexibility index (Phi) is 5.41. The van der Waals surface area contributed by atoms with Gasteiger partial charge in [-0.1, -0.05) is 0 Å². The molecule has 6 heteroatoms. The summed E-state index contributed by atoms with van der Waals surface area (Å²) in [6, 6.07) is 5.76. The van der Waals surface area contributed by atoms with Gasteiger partial charge in [0.05, 0.1) is 12.8 Å². The average molecular weight is 316 g/mol. The van der Waals surface area contributed by atoms with Gasteiger partial charge in [0, 0.05) is 24.5 Å². The van der Waals surface area contributed by atoms with Crippen LogP contribution in [0.4, 0.5) is 0 Å². The fraction of sp³-hybridized carbons (Fsp3) is 0.294. The molecule has 0 atom stereocenters. The van der Waals surface area contributed by atoms with Crippen molar-refractivity contribution in [2.75, 3.05) is 13.7 Å². The molecule has 0 unspecified atom stereocenters. The summed E-state index contributed by atoms with van der Waals surface area (Å²) in [5.74, 6) is -0.0277. The zero-order chi connectivity index (χ0) is 16.8. The van der Waals surface area contributed by atoms with Crippen molar-refractivity contribution >= 4 is 18.0 Å². The van der Waals surface area contributed by atoms with E-state index in [-0.39, 0.29) is 12.5 Å². The van der Waals surface area contributed by atoms with E-state index < -0.39 is 5.97 Å². The number of aromatic nitrogens is 1. The van der Waals surface area contributed by atoms with Gasteiger partial charge in [-0.3, -0.25) is 4.79 Å². The highest BCUT2D eigenvalue weighted by molar-refractivity contribution is 5.89. The zero-order valence-electron chi connectivity index (χ0n) is 13.5. The van der Waals surface area contributed by atoms with Crippen molar-refractivity contribution in [3.63, 3.8) is 0 Å². The number of carbonyl (C=O) groups excluding carboxylic acids is 2. The largest absolute Gasteiger partial charge is 0.467 e. The van der Waals surface area contributed by atoms with Crippen molar-refractivity contribution < 1.29 is 18.7 Å². The van der Waals surface area contributed by atoms with Crippen LogP contribution in [0.5, 0.6) is 0 Å². The van der Waals surface area contributed by atoms with Crippen molar-refractivity contribution in [3.05, 3.63) is 53.2 Å². The first-order chi connectivity index (χ1) is 11.0. The summed E-state index contributed by atoms with van der Waals surface area (Å²) < 4.78 is 12.3. The lowest BCUT2D eigenvalue weighted by Gasteiger charge is -2.07. The number of amides is 1. The van der Waals surface area contributed by atoms with Crippen LogP contribution in [-0.4, -0.2) is 30.1 Å². The van der Waals surface area contributed by atoms with Crippen LogP contribution in [0, 0.1) is 13.8 Å². The Bertz CT molecular complexity index is 711. The minimum atomic E-state index is -0.551. The molecule has 2 rings (SSSR count). The van der Waals surface area contributed by atoms with Gasteiger partial charge in [0.25, 0.3) is 5.91 Å². The minimum Gasteiger partial charge on any atom is -0.467 e. The molecule has 0 aliphatic rings. The number of carbonyl (C=O) groups is 2. The zero-order valence-corrected chi connectivity index (χ0v) is 13.5. The lowest BCUT2D eigenvalue weighted by molar-refractivity contribution is -0.143. The first-order valence-corrected chi connectivity index (χ1v) is 7.25. The maximum absolute atomic E-state index is 11.6. The predicted octanol–water partition coefficient (Wildman–Crippen LogP) is 2.05. The Morgan fingerprint density at radius 3 is 2.83 bits per heavy atom. The Balaban J connectivity index is 2.04. The Labute approximate surface area is 134 Å². The van der Waals surface area contributed by atoms with Crippen molar-refractivity contribution in [1.82, 2.24) is 9.88 Å². The molecule has 0 radical (unpaired) electrons. The fourth-order valence-corrected chi connectivity index (χ4v) is 2.21. The molecule has 2 aromatic rings. The van der Waals surface area contributed by atoms with Gasteiger partial charge in [-0.2, -0.15) is 0 Å². The molecule has 1 amide bonds. The van der Waals surface area contributed by atoms with Crippen molar-refractivity contribution in [3.8, 4) is 0 Å². The van der Waals surface area contributed by atoms with Crippen LogP contribution in [0.25, 0.3) is 6.08 Å². The number of hydrogen-bond donors (Lipinski definition) is 1. The molecule has 2 aromatic heterocycles. The molecule has 0 spiro atoms. The minimum absolute atomic E-state index is 0.281. The summed E-state index contributed by atoms with van der Waals surface area (Å²) in [4.78, 5) is 22.6. The quantitative estimate of drug-likeness (QED) is 0.654. The van der Waals surface area contributed by atoms with Gasteiger partial charge in [0.15, 0.2) is 6.61 Å². The molecule has 2 heterocycles.